The molecule has 1 aromatic rings. The van der Waals surface area contributed by atoms with E-state index >= 15 is 0 Å². The first-order valence-electron chi connectivity index (χ1n) is 6.76. The second-order valence-corrected chi connectivity index (χ2v) is 5.13. The quantitative estimate of drug-likeness (QED) is 0.658. The van der Waals surface area contributed by atoms with E-state index in [1.54, 1.807) is 23.1 Å². The summed E-state index contributed by atoms with van der Waals surface area (Å²) in [5.74, 6) is -0.533. The molecule has 1 unspecified atom stereocenters. The highest BCUT2D eigenvalue weighted by molar-refractivity contribution is 5.97. The van der Waals surface area contributed by atoms with Gasteiger partial charge in [0.25, 0.3) is 5.91 Å². The Balaban J connectivity index is 2.16. The molecule has 1 heterocycles. The van der Waals surface area contributed by atoms with E-state index in [-0.39, 0.29) is 17.8 Å². The molecule has 0 spiro atoms. The summed E-state index contributed by atoms with van der Waals surface area (Å²) in [5, 5.41) is 0. The number of hydrogen-bond acceptors (Lipinski definition) is 4. The van der Waals surface area contributed by atoms with Crippen LogP contribution >= 0.6 is 0 Å². The summed E-state index contributed by atoms with van der Waals surface area (Å²) in [7, 11) is 1.38. The summed E-state index contributed by atoms with van der Waals surface area (Å²) in [6.07, 6.45) is 1.58. The van der Waals surface area contributed by atoms with Crippen LogP contribution in [0.25, 0.3) is 0 Å². The van der Waals surface area contributed by atoms with E-state index < -0.39 is 0 Å². The van der Waals surface area contributed by atoms with Crippen molar-refractivity contribution >= 4 is 17.6 Å². The number of nitrogens with zero attached hydrogens (tertiary/aromatic N) is 1. The van der Waals surface area contributed by atoms with Crippen LogP contribution in [-0.2, 0) is 9.53 Å². The van der Waals surface area contributed by atoms with Gasteiger partial charge in [-0.25, -0.2) is 0 Å². The fourth-order valence-electron chi connectivity index (χ4n) is 2.58. The minimum Gasteiger partial charge on any atom is -0.469 e. The molecule has 0 aromatic heterocycles. The molecule has 0 bridgehead atoms. The molecule has 1 aliphatic rings. The van der Waals surface area contributed by atoms with Crippen molar-refractivity contribution in [1.29, 1.82) is 0 Å². The Labute approximate surface area is 118 Å². The molecule has 2 rings (SSSR count). The number of esters is 1. The van der Waals surface area contributed by atoms with Crippen molar-refractivity contribution < 1.29 is 14.3 Å². The second kappa shape index (κ2) is 5.94. The number of benzene rings is 1. The van der Waals surface area contributed by atoms with Crippen LogP contribution in [0.2, 0.25) is 0 Å². The number of nitrogen functional groups attached to an aromatic ring is 1. The zero-order valence-corrected chi connectivity index (χ0v) is 11.9. The lowest BCUT2D eigenvalue weighted by Crippen LogP contribution is -2.42. The van der Waals surface area contributed by atoms with E-state index in [0.29, 0.717) is 24.3 Å². The third kappa shape index (κ3) is 2.76. The van der Waals surface area contributed by atoms with Crippen LogP contribution in [0.4, 0.5) is 5.69 Å². The molecule has 1 atom stereocenters. The molecule has 0 aliphatic carbocycles. The maximum atomic E-state index is 12.5. The smallest absolute Gasteiger partial charge is 0.310 e. The number of anilines is 1. The molecule has 2 N–H and O–H groups in total. The highest BCUT2D eigenvalue weighted by Crippen LogP contribution is 2.22. The van der Waals surface area contributed by atoms with Gasteiger partial charge in [-0.05, 0) is 37.5 Å². The number of carbonyl (C=O) groups excluding carboxylic acids is 2. The van der Waals surface area contributed by atoms with Crippen molar-refractivity contribution in [1.82, 2.24) is 4.90 Å². The molecule has 0 radical (unpaired) electrons. The van der Waals surface area contributed by atoms with E-state index in [0.717, 1.165) is 18.4 Å². The molecule has 5 nitrogen and oxygen atoms in total. The first kappa shape index (κ1) is 14.4. The van der Waals surface area contributed by atoms with Crippen LogP contribution in [0, 0.1) is 12.8 Å². The number of amides is 1. The van der Waals surface area contributed by atoms with Gasteiger partial charge in [-0.2, -0.15) is 0 Å². The first-order valence-corrected chi connectivity index (χ1v) is 6.76. The Hall–Kier alpha value is -2.04. The fraction of sp³-hybridized carbons (Fsp3) is 0.467. The SMILES string of the molecule is COC(=O)C1CCCN(C(=O)c2cccc(N)c2C)C1. The minimum absolute atomic E-state index is 0.0663. The molecule has 1 aromatic carbocycles. The molecule has 1 saturated heterocycles. The first-order chi connectivity index (χ1) is 9.54. The molecule has 1 fully saturated rings. The van der Waals surface area contributed by atoms with Crippen molar-refractivity contribution in [3.63, 3.8) is 0 Å². The van der Waals surface area contributed by atoms with Gasteiger partial charge in [0.1, 0.15) is 0 Å². The van der Waals surface area contributed by atoms with Gasteiger partial charge in [-0.3, -0.25) is 9.59 Å². The Morgan fingerprint density at radius 2 is 2.15 bits per heavy atom. The van der Waals surface area contributed by atoms with Crippen LogP contribution in [0.3, 0.4) is 0 Å². The summed E-state index contributed by atoms with van der Waals surface area (Å²) in [6, 6.07) is 5.33. The van der Waals surface area contributed by atoms with Gasteiger partial charge >= 0.3 is 5.97 Å². The van der Waals surface area contributed by atoms with Gasteiger partial charge in [0.2, 0.25) is 0 Å². The number of ether oxygens (including phenoxy) is 1. The van der Waals surface area contributed by atoms with Crippen molar-refractivity contribution in [2.24, 2.45) is 5.92 Å². The molecule has 1 amide bonds. The summed E-state index contributed by atoms with van der Waals surface area (Å²) < 4.78 is 4.77. The molecule has 108 valence electrons. The van der Waals surface area contributed by atoms with E-state index in [1.807, 2.05) is 6.92 Å². The molecule has 5 heteroatoms. The predicted octanol–water partition coefficient (Wildman–Crippen LogP) is 1.60. The average Bonchev–Trinajstić information content (AvgIpc) is 2.48. The average molecular weight is 276 g/mol. The fourth-order valence-corrected chi connectivity index (χ4v) is 2.58. The van der Waals surface area contributed by atoms with Gasteiger partial charge in [-0.1, -0.05) is 6.07 Å². The van der Waals surface area contributed by atoms with E-state index in [1.165, 1.54) is 7.11 Å². The monoisotopic (exact) mass is 276 g/mol. The van der Waals surface area contributed by atoms with Crippen molar-refractivity contribution in [3.05, 3.63) is 29.3 Å². The maximum absolute atomic E-state index is 12.5. The topological polar surface area (TPSA) is 72.6 Å². The van der Waals surface area contributed by atoms with Crippen LogP contribution in [0.5, 0.6) is 0 Å². The van der Waals surface area contributed by atoms with Crippen molar-refractivity contribution in [3.8, 4) is 0 Å². The number of methoxy groups -OCH3 is 1. The zero-order chi connectivity index (χ0) is 14.7. The van der Waals surface area contributed by atoms with Crippen molar-refractivity contribution in [2.75, 3.05) is 25.9 Å². The summed E-state index contributed by atoms with van der Waals surface area (Å²) in [5.41, 5.74) is 7.85. The minimum atomic E-state index is -0.244. The predicted molar refractivity (Wildman–Crippen MR) is 76.2 cm³/mol. The van der Waals surface area contributed by atoms with E-state index in [2.05, 4.69) is 0 Å². The van der Waals surface area contributed by atoms with Crippen LogP contribution in [0.1, 0.15) is 28.8 Å². The number of likely N-dealkylation sites (tertiary alicyclic amines) is 1. The molecule has 1 aliphatic heterocycles. The lowest BCUT2D eigenvalue weighted by atomic mass is 9.96. The molecule has 0 saturated carbocycles. The standard InChI is InChI=1S/C15H20N2O3/c1-10-12(6-3-7-13(10)16)14(18)17-8-4-5-11(9-17)15(19)20-2/h3,6-7,11H,4-5,8-9,16H2,1-2H3. The summed E-state index contributed by atoms with van der Waals surface area (Å²) in [6.45, 7) is 2.92. The Morgan fingerprint density at radius 1 is 1.40 bits per heavy atom. The maximum Gasteiger partial charge on any atom is 0.310 e. The lowest BCUT2D eigenvalue weighted by Gasteiger charge is -2.31. The van der Waals surface area contributed by atoms with Gasteiger partial charge < -0.3 is 15.4 Å². The lowest BCUT2D eigenvalue weighted by molar-refractivity contribution is -0.146. The zero-order valence-electron chi connectivity index (χ0n) is 11.9. The van der Waals surface area contributed by atoms with Gasteiger partial charge in [0.05, 0.1) is 13.0 Å². The molecular weight excluding hydrogens is 256 g/mol. The van der Waals surface area contributed by atoms with Gasteiger partial charge in [0, 0.05) is 24.3 Å². The largest absolute Gasteiger partial charge is 0.469 e. The Kier molecular flexibility index (Phi) is 4.27. The van der Waals surface area contributed by atoms with E-state index in [9.17, 15) is 9.59 Å². The summed E-state index contributed by atoms with van der Waals surface area (Å²) in [4.78, 5) is 25.9. The molecular formula is C15H20N2O3. The number of piperidine rings is 1. The highest BCUT2D eigenvalue weighted by Gasteiger charge is 2.30. The Bertz CT molecular complexity index is 528. The van der Waals surface area contributed by atoms with Crippen LogP contribution < -0.4 is 5.73 Å². The van der Waals surface area contributed by atoms with Crippen LogP contribution in [-0.4, -0.2) is 37.0 Å². The number of carbonyl (C=O) groups is 2. The third-order valence-electron chi connectivity index (χ3n) is 3.85. The van der Waals surface area contributed by atoms with Crippen LogP contribution in [0.15, 0.2) is 18.2 Å². The Morgan fingerprint density at radius 3 is 2.85 bits per heavy atom. The second-order valence-electron chi connectivity index (χ2n) is 5.13. The summed E-state index contributed by atoms with van der Waals surface area (Å²) >= 11 is 0. The number of rotatable bonds is 2. The van der Waals surface area contributed by atoms with Crippen molar-refractivity contribution in [2.45, 2.75) is 19.8 Å². The van der Waals surface area contributed by atoms with E-state index in [4.69, 9.17) is 10.5 Å². The van der Waals surface area contributed by atoms with Gasteiger partial charge in [-0.15, -0.1) is 0 Å². The number of nitrogens with two attached hydrogens (primary N) is 1. The normalized spacial score (nSPS) is 18.7. The third-order valence-corrected chi connectivity index (χ3v) is 3.85. The number of hydrogen-bond donors (Lipinski definition) is 1. The molecule has 20 heavy (non-hydrogen) atoms. The van der Waals surface area contributed by atoms with Gasteiger partial charge in [0.15, 0.2) is 0 Å². The highest BCUT2D eigenvalue weighted by atomic mass is 16.5.